The Bertz CT molecular complexity index is 1240. The van der Waals surface area contributed by atoms with Gasteiger partial charge in [-0.2, -0.15) is 0 Å². The Balaban J connectivity index is 1.56. The van der Waals surface area contributed by atoms with E-state index in [1.165, 1.54) is 22.4 Å². The highest BCUT2D eigenvalue weighted by Gasteiger charge is 2.22. The zero-order valence-electron chi connectivity index (χ0n) is 17.1. The predicted molar refractivity (Wildman–Crippen MR) is 123 cm³/mol. The normalized spacial score (nSPS) is 13.4. The standard InChI is InChI=1S/C25H24N2O2S/c1-17-11-13-19(14-12-17)29-16-15-27-23(18-7-3-2-4-8-18)26-24-22(25(27)28)20-9-5-6-10-21(20)30-24/h2-4,7-8,11-14H,5-6,9-10,15-16H2,1H3. The lowest BCUT2D eigenvalue weighted by atomic mass is 9.97. The predicted octanol–water partition coefficient (Wildman–Crippen LogP) is 5.39. The highest BCUT2D eigenvalue weighted by atomic mass is 32.1. The summed E-state index contributed by atoms with van der Waals surface area (Å²) in [6, 6.07) is 18.0. The minimum atomic E-state index is 0.0609. The number of rotatable bonds is 5. The quantitative estimate of drug-likeness (QED) is 0.438. The van der Waals surface area contributed by atoms with Gasteiger partial charge < -0.3 is 4.74 Å². The number of aryl methyl sites for hydroxylation is 3. The smallest absolute Gasteiger partial charge is 0.262 e. The third kappa shape index (κ3) is 3.54. The summed E-state index contributed by atoms with van der Waals surface area (Å²) in [6.45, 7) is 2.94. The minimum Gasteiger partial charge on any atom is -0.492 e. The van der Waals surface area contributed by atoms with Crippen LogP contribution < -0.4 is 10.3 Å². The van der Waals surface area contributed by atoms with E-state index in [1.54, 1.807) is 15.9 Å². The van der Waals surface area contributed by atoms with Gasteiger partial charge >= 0.3 is 0 Å². The van der Waals surface area contributed by atoms with Crippen LogP contribution in [0.4, 0.5) is 0 Å². The van der Waals surface area contributed by atoms with Gasteiger partial charge in [0.2, 0.25) is 0 Å². The SMILES string of the molecule is Cc1ccc(OCCn2c(-c3ccccc3)nc3sc4c(c3c2=O)CCCC4)cc1. The molecule has 0 aliphatic heterocycles. The number of hydrogen-bond acceptors (Lipinski definition) is 4. The van der Waals surface area contributed by atoms with Crippen molar-refractivity contribution in [2.24, 2.45) is 0 Å². The Hall–Kier alpha value is -2.92. The first kappa shape index (κ1) is 19.1. The summed E-state index contributed by atoms with van der Waals surface area (Å²) in [5.74, 6) is 1.54. The Labute approximate surface area is 179 Å². The molecular weight excluding hydrogens is 392 g/mol. The fourth-order valence-electron chi connectivity index (χ4n) is 4.14. The Morgan fingerprint density at radius 2 is 1.80 bits per heavy atom. The first-order valence-corrected chi connectivity index (χ1v) is 11.3. The van der Waals surface area contributed by atoms with Gasteiger partial charge in [-0.3, -0.25) is 9.36 Å². The van der Waals surface area contributed by atoms with E-state index < -0.39 is 0 Å². The molecular formula is C25H24N2O2S. The van der Waals surface area contributed by atoms with Gasteiger partial charge in [0.1, 0.15) is 23.0 Å². The zero-order chi connectivity index (χ0) is 20.5. The van der Waals surface area contributed by atoms with Crippen LogP contribution in [0.2, 0.25) is 0 Å². The van der Waals surface area contributed by atoms with Crippen LogP contribution in [-0.2, 0) is 19.4 Å². The molecule has 0 bridgehead atoms. The average molecular weight is 417 g/mol. The lowest BCUT2D eigenvalue weighted by molar-refractivity contribution is 0.297. The van der Waals surface area contributed by atoms with Crippen molar-refractivity contribution in [2.75, 3.05) is 6.61 Å². The first-order chi connectivity index (χ1) is 14.7. The Kier molecular flexibility index (Phi) is 5.13. The molecule has 4 aromatic rings. The highest BCUT2D eigenvalue weighted by molar-refractivity contribution is 7.18. The fraction of sp³-hybridized carbons (Fsp3) is 0.280. The van der Waals surface area contributed by atoms with Crippen LogP contribution in [0.5, 0.6) is 5.75 Å². The molecule has 5 rings (SSSR count). The molecule has 0 radical (unpaired) electrons. The van der Waals surface area contributed by atoms with Gasteiger partial charge in [-0.1, -0.05) is 48.0 Å². The van der Waals surface area contributed by atoms with Gasteiger partial charge in [0, 0.05) is 10.4 Å². The van der Waals surface area contributed by atoms with E-state index in [1.807, 2.05) is 54.6 Å². The number of benzene rings is 2. The van der Waals surface area contributed by atoms with Crippen LogP contribution in [0.3, 0.4) is 0 Å². The van der Waals surface area contributed by atoms with E-state index in [-0.39, 0.29) is 5.56 Å². The maximum absolute atomic E-state index is 13.6. The van der Waals surface area contributed by atoms with E-state index in [0.29, 0.717) is 13.2 Å². The lowest BCUT2D eigenvalue weighted by Crippen LogP contribution is -2.26. The highest BCUT2D eigenvalue weighted by Crippen LogP contribution is 2.34. The second-order valence-corrected chi connectivity index (χ2v) is 8.89. The first-order valence-electron chi connectivity index (χ1n) is 10.5. The molecule has 2 aromatic heterocycles. The molecule has 2 aromatic carbocycles. The maximum Gasteiger partial charge on any atom is 0.262 e. The molecule has 0 unspecified atom stereocenters. The maximum atomic E-state index is 13.6. The lowest BCUT2D eigenvalue weighted by Gasteiger charge is -2.14. The molecule has 0 amide bonds. The van der Waals surface area contributed by atoms with Crippen LogP contribution in [0.15, 0.2) is 59.4 Å². The van der Waals surface area contributed by atoms with Gasteiger partial charge in [0.15, 0.2) is 0 Å². The molecule has 0 N–H and O–H groups in total. The zero-order valence-corrected chi connectivity index (χ0v) is 17.9. The number of fused-ring (bicyclic) bond motifs is 3. The summed E-state index contributed by atoms with van der Waals surface area (Å²) in [4.78, 5) is 20.8. The number of ether oxygens (including phenoxy) is 1. The minimum absolute atomic E-state index is 0.0609. The van der Waals surface area contributed by atoms with E-state index >= 15 is 0 Å². The molecule has 2 heterocycles. The average Bonchev–Trinajstić information content (AvgIpc) is 3.16. The van der Waals surface area contributed by atoms with Crippen LogP contribution >= 0.6 is 11.3 Å². The third-order valence-corrected chi connectivity index (χ3v) is 6.90. The molecule has 1 aliphatic rings. The van der Waals surface area contributed by atoms with Gasteiger partial charge in [0.05, 0.1) is 11.9 Å². The molecule has 152 valence electrons. The summed E-state index contributed by atoms with van der Waals surface area (Å²) in [7, 11) is 0. The summed E-state index contributed by atoms with van der Waals surface area (Å²) in [5, 5.41) is 0.824. The second-order valence-electron chi connectivity index (χ2n) is 7.81. The molecule has 0 saturated carbocycles. The van der Waals surface area contributed by atoms with Crippen LogP contribution in [0.1, 0.15) is 28.8 Å². The van der Waals surface area contributed by atoms with Gasteiger partial charge in [0.25, 0.3) is 5.56 Å². The third-order valence-electron chi connectivity index (χ3n) is 5.71. The van der Waals surface area contributed by atoms with Gasteiger partial charge in [-0.15, -0.1) is 11.3 Å². The largest absolute Gasteiger partial charge is 0.492 e. The van der Waals surface area contributed by atoms with Crippen LogP contribution in [0.25, 0.3) is 21.6 Å². The van der Waals surface area contributed by atoms with Crippen molar-refractivity contribution < 1.29 is 4.74 Å². The number of aromatic nitrogens is 2. The van der Waals surface area contributed by atoms with Gasteiger partial charge in [-0.25, -0.2) is 4.98 Å². The van der Waals surface area contributed by atoms with Crippen molar-refractivity contribution in [1.29, 1.82) is 0 Å². The van der Waals surface area contributed by atoms with Crippen molar-refractivity contribution >= 4 is 21.6 Å². The van der Waals surface area contributed by atoms with Crippen molar-refractivity contribution in [1.82, 2.24) is 9.55 Å². The summed E-state index contributed by atoms with van der Waals surface area (Å²) >= 11 is 1.70. The molecule has 5 heteroatoms. The number of hydrogen-bond donors (Lipinski definition) is 0. The van der Waals surface area contributed by atoms with Crippen molar-refractivity contribution in [3.05, 3.63) is 81.0 Å². The Morgan fingerprint density at radius 3 is 2.60 bits per heavy atom. The molecule has 0 saturated heterocycles. The van der Waals surface area contributed by atoms with Crippen LogP contribution in [-0.4, -0.2) is 16.2 Å². The fourth-order valence-corrected chi connectivity index (χ4v) is 5.39. The molecule has 0 atom stereocenters. The van der Waals surface area contributed by atoms with Crippen molar-refractivity contribution in [3.63, 3.8) is 0 Å². The molecule has 0 fully saturated rings. The van der Waals surface area contributed by atoms with Crippen molar-refractivity contribution in [3.8, 4) is 17.1 Å². The van der Waals surface area contributed by atoms with E-state index in [0.717, 1.165) is 46.6 Å². The topological polar surface area (TPSA) is 44.1 Å². The summed E-state index contributed by atoms with van der Waals surface area (Å²) in [6.07, 6.45) is 4.39. The van der Waals surface area contributed by atoms with Gasteiger partial charge in [-0.05, 0) is 50.3 Å². The van der Waals surface area contributed by atoms with E-state index in [4.69, 9.17) is 9.72 Å². The Morgan fingerprint density at radius 1 is 1.03 bits per heavy atom. The van der Waals surface area contributed by atoms with E-state index in [2.05, 4.69) is 6.92 Å². The van der Waals surface area contributed by atoms with Crippen LogP contribution in [0, 0.1) is 6.92 Å². The van der Waals surface area contributed by atoms with E-state index in [9.17, 15) is 4.79 Å². The summed E-state index contributed by atoms with van der Waals surface area (Å²) < 4.78 is 7.73. The molecule has 1 aliphatic carbocycles. The molecule has 0 spiro atoms. The molecule has 30 heavy (non-hydrogen) atoms. The van der Waals surface area contributed by atoms with Crippen molar-refractivity contribution in [2.45, 2.75) is 39.2 Å². The molecule has 4 nitrogen and oxygen atoms in total. The second kappa shape index (κ2) is 8.07. The monoisotopic (exact) mass is 416 g/mol. The summed E-state index contributed by atoms with van der Waals surface area (Å²) in [5.41, 5.74) is 3.44. The number of thiophene rings is 1. The number of nitrogens with zero attached hydrogens (tertiary/aromatic N) is 2.